The number of benzene rings is 1. The summed E-state index contributed by atoms with van der Waals surface area (Å²) in [5.41, 5.74) is 2.61. The van der Waals surface area contributed by atoms with Crippen molar-refractivity contribution in [2.75, 3.05) is 0 Å². The molecule has 0 radical (unpaired) electrons. The van der Waals surface area contributed by atoms with Crippen molar-refractivity contribution in [2.24, 2.45) is 0 Å². The Morgan fingerprint density at radius 1 is 1.41 bits per heavy atom. The summed E-state index contributed by atoms with van der Waals surface area (Å²) in [6, 6.07) is 6.85. The van der Waals surface area contributed by atoms with Gasteiger partial charge in [-0.1, -0.05) is 11.6 Å². The molecule has 1 aromatic carbocycles. The van der Waals surface area contributed by atoms with E-state index in [0.29, 0.717) is 22.2 Å². The van der Waals surface area contributed by atoms with E-state index in [-0.39, 0.29) is 5.76 Å². The number of carbonyl (C=O) groups is 1. The molecule has 0 atom stereocenters. The van der Waals surface area contributed by atoms with Gasteiger partial charge >= 0.3 is 5.91 Å². The van der Waals surface area contributed by atoms with Gasteiger partial charge in [0.25, 0.3) is 0 Å². The summed E-state index contributed by atoms with van der Waals surface area (Å²) in [6.07, 6.45) is 0. The van der Waals surface area contributed by atoms with Gasteiger partial charge < -0.3 is 4.42 Å². The zero-order valence-electron chi connectivity index (χ0n) is 8.90. The van der Waals surface area contributed by atoms with Gasteiger partial charge in [-0.25, -0.2) is 10.5 Å². The van der Waals surface area contributed by atoms with E-state index in [1.165, 1.54) is 5.48 Å². The minimum atomic E-state index is -0.727. The number of amides is 1. The van der Waals surface area contributed by atoms with E-state index in [9.17, 15) is 4.79 Å². The lowest BCUT2D eigenvalue weighted by atomic mass is 10.2. The molecule has 1 aromatic heterocycles. The highest BCUT2D eigenvalue weighted by atomic mass is 35.5. The highest BCUT2D eigenvalue weighted by molar-refractivity contribution is 6.30. The van der Waals surface area contributed by atoms with Crippen LogP contribution in [0.15, 0.2) is 28.7 Å². The van der Waals surface area contributed by atoms with Crippen LogP contribution < -0.4 is 5.48 Å². The molecule has 1 amide bonds. The Kier molecular flexibility index (Phi) is 3.12. The molecular weight excluding hydrogens is 244 g/mol. The maximum absolute atomic E-state index is 11.2. The first-order chi connectivity index (χ1) is 8.11. The molecule has 2 N–H and O–H groups in total. The SMILES string of the molecule is Cc1nc(-c2ccc(Cl)cc2)oc1C(=O)NO. The standard InChI is InChI=1S/C11H9ClN2O3/c1-6-9(10(15)14-16)17-11(13-6)7-2-4-8(12)5-3-7/h2-5,16H,1H3,(H,14,15). The first kappa shape index (κ1) is 11.6. The first-order valence-electron chi connectivity index (χ1n) is 4.79. The van der Waals surface area contributed by atoms with E-state index in [0.717, 1.165) is 0 Å². The Balaban J connectivity index is 2.41. The van der Waals surface area contributed by atoms with Gasteiger partial charge in [-0.15, -0.1) is 0 Å². The van der Waals surface area contributed by atoms with Crippen molar-refractivity contribution in [1.82, 2.24) is 10.5 Å². The van der Waals surface area contributed by atoms with Gasteiger partial charge in [-0.05, 0) is 31.2 Å². The summed E-state index contributed by atoms with van der Waals surface area (Å²) in [5, 5.41) is 9.13. The van der Waals surface area contributed by atoms with Gasteiger partial charge in [0.2, 0.25) is 11.7 Å². The average molecular weight is 253 g/mol. The summed E-state index contributed by atoms with van der Waals surface area (Å²) >= 11 is 5.76. The molecule has 0 saturated carbocycles. The Labute approximate surface area is 102 Å². The number of oxazole rings is 1. The van der Waals surface area contributed by atoms with Crippen molar-refractivity contribution in [1.29, 1.82) is 0 Å². The molecule has 1 heterocycles. The van der Waals surface area contributed by atoms with Crippen molar-refractivity contribution in [3.05, 3.63) is 40.7 Å². The molecule has 0 fully saturated rings. The maximum Gasteiger partial charge on any atom is 0.312 e. The number of aryl methyl sites for hydroxylation is 1. The predicted molar refractivity (Wildman–Crippen MR) is 60.9 cm³/mol. The van der Waals surface area contributed by atoms with Crippen molar-refractivity contribution in [2.45, 2.75) is 6.92 Å². The maximum atomic E-state index is 11.2. The van der Waals surface area contributed by atoms with Gasteiger partial charge in [0.1, 0.15) is 0 Å². The van der Waals surface area contributed by atoms with E-state index in [1.54, 1.807) is 31.2 Å². The number of aromatic nitrogens is 1. The Morgan fingerprint density at radius 2 is 2.06 bits per heavy atom. The largest absolute Gasteiger partial charge is 0.431 e. The average Bonchev–Trinajstić information content (AvgIpc) is 2.71. The lowest BCUT2D eigenvalue weighted by Crippen LogP contribution is -2.18. The molecule has 17 heavy (non-hydrogen) atoms. The third-order valence-corrected chi connectivity index (χ3v) is 2.45. The Hall–Kier alpha value is -1.85. The lowest BCUT2D eigenvalue weighted by molar-refractivity contribution is 0.0676. The van der Waals surface area contributed by atoms with Crippen LogP contribution in [0.1, 0.15) is 16.2 Å². The third-order valence-electron chi connectivity index (χ3n) is 2.20. The molecule has 6 heteroatoms. The number of hydrogen-bond acceptors (Lipinski definition) is 4. The minimum absolute atomic E-state index is 0.0162. The van der Waals surface area contributed by atoms with Gasteiger partial charge in [-0.2, -0.15) is 0 Å². The van der Waals surface area contributed by atoms with E-state index in [4.69, 9.17) is 21.2 Å². The van der Waals surface area contributed by atoms with E-state index < -0.39 is 5.91 Å². The Morgan fingerprint density at radius 3 is 2.65 bits per heavy atom. The number of rotatable bonds is 2. The normalized spacial score (nSPS) is 10.3. The summed E-state index contributed by atoms with van der Waals surface area (Å²) < 4.78 is 5.27. The zero-order valence-corrected chi connectivity index (χ0v) is 9.65. The van der Waals surface area contributed by atoms with Crippen molar-refractivity contribution in [3.63, 3.8) is 0 Å². The second-order valence-electron chi connectivity index (χ2n) is 3.38. The van der Waals surface area contributed by atoms with Crippen molar-refractivity contribution < 1.29 is 14.4 Å². The number of halogens is 1. The van der Waals surface area contributed by atoms with E-state index in [1.807, 2.05) is 0 Å². The van der Waals surface area contributed by atoms with E-state index in [2.05, 4.69) is 4.98 Å². The quantitative estimate of drug-likeness (QED) is 0.636. The third kappa shape index (κ3) is 2.30. The molecule has 2 rings (SSSR count). The second kappa shape index (κ2) is 4.57. The summed E-state index contributed by atoms with van der Waals surface area (Å²) in [7, 11) is 0. The summed E-state index contributed by atoms with van der Waals surface area (Å²) in [5.74, 6) is -0.439. The fourth-order valence-electron chi connectivity index (χ4n) is 1.37. The fraction of sp³-hybridized carbons (Fsp3) is 0.0909. The van der Waals surface area contributed by atoms with Gasteiger partial charge in [0, 0.05) is 10.6 Å². The van der Waals surface area contributed by atoms with Crippen LogP contribution in [0, 0.1) is 6.92 Å². The topological polar surface area (TPSA) is 75.4 Å². The highest BCUT2D eigenvalue weighted by Gasteiger charge is 2.17. The number of carbonyl (C=O) groups excluding carboxylic acids is 1. The summed E-state index contributed by atoms with van der Waals surface area (Å²) in [4.78, 5) is 15.3. The lowest BCUT2D eigenvalue weighted by Gasteiger charge is -1.95. The predicted octanol–water partition coefficient (Wildman–Crippen LogP) is 2.42. The van der Waals surface area contributed by atoms with E-state index >= 15 is 0 Å². The summed E-state index contributed by atoms with van der Waals surface area (Å²) in [6.45, 7) is 1.62. The molecule has 0 bridgehead atoms. The van der Waals surface area contributed by atoms with Crippen LogP contribution in [-0.2, 0) is 0 Å². The fourth-order valence-corrected chi connectivity index (χ4v) is 1.50. The number of nitrogens with one attached hydrogen (secondary N) is 1. The molecular formula is C11H9ClN2O3. The smallest absolute Gasteiger partial charge is 0.312 e. The van der Waals surface area contributed by atoms with Crippen LogP contribution in [0.5, 0.6) is 0 Å². The molecule has 5 nitrogen and oxygen atoms in total. The Bertz CT molecular complexity index is 548. The van der Waals surface area contributed by atoms with Crippen LogP contribution in [0.25, 0.3) is 11.5 Å². The molecule has 0 unspecified atom stereocenters. The molecule has 0 aliphatic rings. The monoisotopic (exact) mass is 252 g/mol. The molecule has 0 saturated heterocycles. The number of hydroxylamine groups is 1. The van der Waals surface area contributed by atoms with Crippen LogP contribution in [0.2, 0.25) is 5.02 Å². The van der Waals surface area contributed by atoms with Gasteiger partial charge in [0.05, 0.1) is 5.69 Å². The second-order valence-corrected chi connectivity index (χ2v) is 3.82. The van der Waals surface area contributed by atoms with Crippen LogP contribution >= 0.6 is 11.6 Å². The first-order valence-corrected chi connectivity index (χ1v) is 5.17. The molecule has 0 aliphatic carbocycles. The van der Waals surface area contributed by atoms with Crippen LogP contribution in [-0.4, -0.2) is 16.1 Å². The molecule has 2 aromatic rings. The highest BCUT2D eigenvalue weighted by Crippen LogP contribution is 2.23. The van der Waals surface area contributed by atoms with Gasteiger partial charge in [-0.3, -0.25) is 10.0 Å². The minimum Gasteiger partial charge on any atom is -0.431 e. The van der Waals surface area contributed by atoms with Crippen molar-refractivity contribution >= 4 is 17.5 Å². The zero-order chi connectivity index (χ0) is 12.4. The van der Waals surface area contributed by atoms with Crippen LogP contribution in [0.3, 0.4) is 0 Å². The van der Waals surface area contributed by atoms with Crippen LogP contribution in [0.4, 0.5) is 0 Å². The molecule has 0 aliphatic heterocycles. The number of hydrogen-bond donors (Lipinski definition) is 2. The number of nitrogens with zero attached hydrogens (tertiary/aromatic N) is 1. The van der Waals surface area contributed by atoms with Gasteiger partial charge in [0.15, 0.2) is 0 Å². The van der Waals surface area contributed by atoms with Crippen molar-refractivity contribution in [3.8, 4) is 11.5 Å². The molecule has 0 spiro atoms. The molecule has 88 valence electrons.